The third kappa shape index (κ3) is 2.53. The minimum absolute atomic E-state index is 0.0779. The number of ether oxygens (including phenoxy) is 1. The van der Waals surface area contributed by atoms with Crippen LogP contribution in [0.5, 0.6) is 0 Å². The first kappa shape index (κ1) is 14.4. The second-order valence-electron chi connectivity index (χ2n) is 3.68. The lowest BCUT2D eigenvalue weighted by Crippen LogP contribution is -2.06. The van der Waals surface area contributed by atoms with E-state index in [9.17, 15) is 18.0 Å². The van der Waals surface area contributed by atoms with Crippen molar-refractivity contribution in [2.75, 3.05) is 7.11 Å². The molecule has 1 aromatic carbocycles. The number of nitrogens with one attached hydrogen (secondary N) is 1. The Labute approximate surface area is 124 Å². The maximum Gasteiger partial charge on any atom is 0.418 e. The van der Waals surface area contributed by atoms with Crippen LogP contribution in [0.15, 0.2) is 12.1 Å². The average molecular weight is 404 g/mol. The Kier molecular flexibility index (Phi) is 3.69. The molecule has 1 heterocycles. The largest absolute Gasteiger partial charge is 0.464 e. The third-order valence-electron chi connectivity index (χ3n) is 2.50. The fourth-order valence-electron chi connectivity index (χ4n) is 1.70. The van der Waals surface area contributed by atoms with Crippen molar-refractivity contribution >= 4 is 51.1 Å². The lowest BCUT2D eigenvalue weighted by molar-refractivity contribution is -0.136. The number of methoxy groups -OCH3 is 1. The number of fused-ring (bicyclic) bond motifs is 1. The molecule has 1 N–H and O–H groups in total. The number of hydrogen-bond acceptors (Lipinski definition) is 2. The van der Waals surface area contributed by atoms with E-state index in [2.05, 4.69) is 9.72 Å². The molecule has 0 bridgehead atoms. The number of carbonyl (C=O) groups is 1. The van der Waals surface area contributed by atoms with Crippen LogP contribution in [-0.2, 0) is 10.9 Å². The van der Waals surface area contributed by atoms with E-state index in [0.717, 1.165) is 13.2 Å². The van der Waals surface area contributed by atoms with Gasteiger partial charge in [0.2, 0.25) is 0 Å². The molecule has 19 heavy (non-hydrogen) atoms. The van der Waals surface area contributed by atoms with Crippen LogP contribution in [0.1, 0.15) is 16.1 Å². The Balaban J connectivity index is 2.83. The second kappa shape index (κ2) is 4.86. The van der Waals surface area contributed by atoms with Crippen molar-refractivity contribution in [3.8, 4) is 0 Å². The van der Waals surface area contributed by atoms with Gasteiger partial charge in [-0.15, -0.1) is 0 Å². The van der Waals surface area contributed by atoms with Gasteiger partial charge in [-0.2, -0.15) is 13.2 Å². The van der Waals surface area contributed by atoms with Gasteiger partial charge < -0.3 is 9.72 Å². The Morgan fingerprint density at radius 3 is 2.58 bits per heavy atom. The number of alkyl halides is 3. The SMILES string of the molecule is COC(=O)c1[nH]c2c(C(F)(F)F)cc(I)cc2c1Cl. The Morgan fingerprint density at radius 1 is 1.42 bits per heavy atom. The number of hydrogen-bond donors (Lipinski definition) is 1. The summed E-state index contributed by atoms with van der Waals surface area (Å²) >= 11 is 7.68. The van der Waals surface area contributed by atoms with Crippen LogP contribution in [-0.4, -0.2) is 18.1 Å². The summed E-state index contributed by atoms with van der Waals surface area (Å²) in [5.74, 6) is -0.815. The van der Waals surface area contributed by atoms with E-state index in [1.807, 2.05) is 0 Å². The Bertz CT molecular complexity index is 666. The highest BCUT2D eigenvalue weighted by atomic mass is 127. The van der Waals surface area contributed by atoms with Gasteiger partial charge in [0.25, 0.3) is 0 Å². The molecule has 0 aliphatic heterocycles. The Hall–Kier alpha value is -0.960. The smallest absolute Gasteiger partial charge is 0.418 e. The van der Waals surface area contributed by atoms with Gasteiger partial charge in [0.05, 0.1) is 23.2 Å². The van der Waals surface area contributed by atoms with Crippen molar-refractivity contribution in [1.29, 1.82) is 0 Å². The van der Waals surface area contributed by atoms with Crippen LogP contribution < -0.4 is 0 Å². The quantitative estimate of drug-likeness (QED) is 0.572. The van der Waals surface area contributed by atoms with Gasteiger partial charge in [-0.1, -0.05) is 11.6 Å². The van der Waals surface area contributed by atoms with Crippen molar-refractivity contribution in [2.24, 2.45) is 0 Å². The van der Waals surface area contributed by atoms with Gasteiger partial charge in [-0.05, 0) is 34.7 Å². The summed E-state index contributed by atoms with van der Waals surface area (Å²) in [6, 6.07) is 2.45. The van der Waals surface area contributed by atoms with Crippen LogP contribution in [0.3, 0.4) is 0 Å². The number of aromatic nitrogens is 1. The van der Waals surface area contributed by atoms with Crippen LogP contribution in [0.25, 0.3) is 10.9 Å². The molecule has 0 radical (unpaired) electrons. The van der Waals surface area contributed by atoms with Gasteiger partial charge in [0.15, 0.2) is 0 Å². The van der Waals surface area contributed by atoms with Gasteiger partial charge in [0, 0.05) is 8.96 Å². The number of rotatable bonds is 1. The number of esters is 1. The number of H-pyrrole nitrogens is 1. The topological polar surface area (TPSA) is 42.1 Å². The molecular formula is C11H6ClF3INO2. The van der Waals surface area contributed by atoms with E-state index in [4.69, 9.17) is 11.6 Å². The molecule has 0 spiro atoms. The minimum Gasteiger partial charge on any atom is -0.464 e. The number of halogens is 5. The molecule has 0 saturated carbocycles. The van der Waals surface area contributed by atoms with Crippen LogP contribution in [0.4, 0.5) is 13.2 Å². The maximum absolute atomic E-state index is 12.9. The summed E-state index contributed by atoms with van der Waals surface area (Å²) in [4.78, 5) is 13.8. The zero-order valence-electron chi connectivity index (χ0n) is 9.36. The van der Waals surface area contributed by atoms with Gasteiger partial charge in [-0.25, -0.2) is 4.79 Å². The molecule has 102 valence electrons. The number of carbonyl (C=O) groups excluding carboxylic acids is 1. The van der Waals surface area contributed by atoms with Crippen LogP contribution in [0, 0.1) is 3.57 Å². The molecule has 0 saturated heterocycles. The van der Waals surface area contributed by atoms with Gasteiger partial charge in [0.1, 0.15) is 5.69 Å². The predicted molar refractivity (Wildman–Crippen MR) is 72.4 cm³/mol. The number of benzene rings is 1. The summed E-state index contributed by atoms with van der Waals surface area (Å²) in [6.45, 7) is 0. The fourth-order valence-corrected chi connectivity index (χ4v) is 2.59. The summed E-state index contributed by atoms with van der Waals surface area (Å²) in [5, 5.41) is 0.0622. The van der Waals surface area contributed by atoms with E-state index in [1.54, 1.807) is 22.6 Å². The zero-order valence-corrected chi connectivity index (χ0v) is 12.3. The molecule has 1 aromatic heterocycles. The normalized spacial score (nSPS) is 11.9. The highest BCUT2D eigenvalue weighted by molar-refractivity contribution is 14.1. The molecule has 0 aliphatic rings. The first-order valence-corrected chi connectivity index (χ1v) is 6.37. The molecule has 0 aliphatic carbocycles. The molecule has 2 aromatic rings. The van der Waals surface area contributed by atoms with E-state index in [1.165, 1.54) is 6.07 Å². The van der Waals surface area contributed by atoms with Crippen molar-refractivity contribution in [3.05, 3.63) is 32.0 Å². The maximum atomic E-state index is 12.9. The summed E-state index contributed by atoms with van der Waals surface area (Å²) in [6.07, 6.45) is -4.54. The van der Waals surface area contributed by atoms with Crippen molar-refractivity contribution in [2.45, 2.75) is 6.18 Å². The third-order valence-corrected chi connectivity index (χ3v) is 3.52. The van der Waals surface area contributed by atoms with Gasteiger partial charge in [-0.3, -0.25) is 0 Å². The minimum atomic E-state index is -4.54. The van der Waals surface area contributed by atoms with Crippen LogP contribution >= 0.6 is 34.2 Å². The average Bonchev–Trinajstić information content (AvgIpc) is 2.64. The van der Waals surface area contributed by atoms with Gasteiger partial charge >= 0.3 is 12.1 Å². The van der Waals surface area contributed by atoms with E-state index in [-0.39, 0.29) is 21.6 Å². The molecule has 8 heteroatoms. The van der Waals surface area contributed by atoms with Crippen molar-refractivity contribution in [1.82, 2.24) is 4.98 Å². The molecule has 0 amide bonds. The van der Waals surface area contributed by atoms with E-state index < -0.39 is 17.7 Å². The molecule has 3 nitrogen and oxygen atoms in total. The standard InChI is InChI=1S/C11H6ClF3INO2/c1-19-10(18)9-7(12)5-2-4(16)3-6(8(5)17-9)11(13,14)15/h2-3,17H,1H3. The monoisotopic (exact) mass is 403 g/mol. The number of aromatic amines is 1. The zero-order chi connectivity index (χ0) is 14.4. The molecule has 0 fully saturated rings. The molecule has 0 unspecified atom stereocenters. The molecule has 0 atom stereocenters. The van der Waals surface area contributed by atoms with E-state index >= 15 is 0 Å². The van der Waals surface area contributed by atoms with Crippen molar-refractivity contribution in [3.63, 3.8) is 0 Å². The predicted octanol–water partition coefficient (Wildman–Crippen LogP) is 4.23. The molecular weight excluding hydrogens is 397 g/mol. The summed E-state index contributed by atoms with van der Waals surface area (Å²) in [5.41, 5.74) is -1.28. The second-order valence-corrected chi connectivity index (χ2v) is 5.30. The lowest BCUT2D eigenvalue weighted by atomic mass is 10.1. The fraction of sp³-hybridized carbons (Fsp3) is 0.182. The first-order valence-electron chi connectivity index (χ1n) is 4.92. The van der Waals surface area contributed by atoms with E-state index in [0.29, 0.717) is 3.57 Å². The Morgan fingerprint density at radius 2 is 2.05 bits per heavy atom. The lowest BCUT2D eigenvalue weighted by Gasteiger charge is -2.08. The first-order chi connectivity index (χ1) is 8.75. The van der Waals surface area contributed by atoms with Crippen LogP contribution in [0.2, 0.25) is 5.02 Å². The highest BCUT2D eigenvalue weighted by Gasteiger charge is 2.35. The summed E-state index contributed by atoms with van der Waals surface area (Å²) in [7, 11) is 1.12. The molecule has 2 rings (SSSR count). The summed E-state index contributed by atoms with van der Waals surface area (Å²) < 4.78 is 43.7. The van der Waals surface area contributed by atoms with Crippen molar-refractivity contribution < 1.29 is 22.7 Å². The highest BCUT2D eigenvalue weighted by Crippen LogP contribution is 2.39.